The molecule has 3 aromatic rings. The van der Waals surface area contributed by atoms with Crippen molar-refractivity contribution in [2.75, 3.05) is 11.6 Å². The maximum atomic E-state index is 12.4. The zero-order chi connectivity index (χ0) is 16.4. The second-order valence-electron chi connectivity index (χ2n) is 5.11. The summed E-state index contributed by atoms with van der Waals surface area (Å²) < 4.78 is 23.6. The third-order valence-corrected chi connectivity index (χ3v) is 4.52. The highest BCUT2D eigenvalue weighted by molar-refractivity contribution is 7.90. The van der Waals surface area contributed by atoms with Gasteiger partial charge in [0.2, 0.25) is 0 Å². The average molecular weight is 326 g/mol. The molecule has 1 N–H and O–H groups in total. The molecular formula is C17H14N2O3S. The predicted octanol–water partition coefficient (Wildman–Crippen LogP) is 2.89. The quantitative estimate of drug-likeness (QED) is 0.803. The Hall–Kier alpha value is -2.73. The van der Waals surface area contributed by atoms with Gasteiger partial charge in [-0.05, 0) is 24.3 Å². The van der Waals surface area contributed by atoms with Crippen LogP contribution in [-0.4, -0.2) is 25.6 Å². The van der Waals surface area contributed by atoms with Crippen LogP contribution in [0.25, 0.3) is 10.9 Å². The number of sulfone groups is 1. The first-order chi connectivity index (χ1) is 10.9. The first-order valence-electron chi connectivity index (χ1n) is 6.91. The van der Waals surface area contributed by atoms with E-state index in [4.69, 9.17) is 0 Å². The predicted molar refractivity (Wildman–Crippen MR) is 89.2 cm³/mol. The Morgan fingerprint density at radius 2 is 1.65 bits per heavy atom. The number of pyridine rings is 1. The topological polar surface area (TPSA) is 76.1 Å². The SMILES string of the molecule is CS(=O)(=O)c1ccccc1NC(=O)c1ccc2ccccc2n1. The lowest BCUT2D eigenvalue weighted by Crippen LogP contribution is -2.15. The number of nitrogens with one attached hydrogen (secondary N) is 1. The number of carbonyl (C=O) groups excluding carboxylic acids is 1. The highest BCUT2D eigenvalue weighted by Gasteiger charge is 2.16. The largest absolute Gasteiger partial charge is 0.319 e. The molecule has 0 atom stereocenters. The van der Waals surface area contributed by atoms with Crippen molar-refractivity contribution in [1.29, 1.82) is 0 Å². The van der Waals surface area contributed by atoms with E-state index in [-0.39, 0.29) is 16.3 Å². The Bertz CT molecular complexity index is 997. The molecule has 1 heterocycles. The maximum Gasteiger partial charge on any atom is 0.274 e. The highest BCUT2D eigenvalue weighted by atomic mass is 32.2. The Morgan fingerprint density at radius 3 is 2.43 bits per heavy atom. The number of fused-ring (bicyclic) bond motifs is 1. The molecule has 116 valence electrons. The molecule has 2 aromatic carbocycles. The molecule has 23 heavy (non-hydrogen) atoms. The van der Waals surface area contributed by atoms with Crippen LogP contribution < -0.4 is 5.32 Å². The average Bonchev–Trinajstić information content (AvgIpc) is 2.54. The molecule has 0 aliphatic heterocycles. The Balaban J connectivity index is 1.95. The summed E-state index contributed by atoms with van der Waals surface area (Å²) in [6, 6.07) is 17.2. The van der Waals surface area contributed by atoms with Crippen LogP contribution in [0.15, 0.2) is 65.6 Å². The minimum Gasteiger partial charge on any atom is -0.319 e. The first-order valence-corrected chi connectivity index (χ1v) is 8.80. The van der Waals surface area contributed by atoms with Gasteiger partial charge in [-0.15, -0.1) is 0 Å². The minimum atomic E-state index is -3.43. The molecule has 0 aliphatic carbocycles. The zero-order valence-corrected chi connectivity index (χ0v) is 13.2. The van der Waals surface area contributed by atoms with Crippen LogP contribution in [0.4, 0.5) is 5.69 Å². The van der Waals surface area contributed by atoms with E-state index in [2.05, 4.69) is 10.3 Å². The van der Waals surface area contributed by atoms with Gasteiger partial charge in [-0.3, -0.25) is 4.79 Å². The number of rotatable bonds is 3. The fraction of sp³-hybridized carbons (Fsp3) is 0.0588. The van der Waals surface area contributed by atoms with Crippen LogP contribution in [0.5, 0.6) is 0 Å². The second-order valence-corrected chi connectivity index (χ2v) is 7.10. The smallest absolute Gasteiger partial charge is 0.274 e. The van der Waals surface area contributed by atoms with Gasteiger partial charge >= 0.3 is 0 Å². The van der Waals surface area contributed by atoms with Crippen LogP contribution in [-0.2, 0) is 9.84 Å². The summed E-state index contributed by atoms with van der Waals surface area (Å²) in [6.07, 6.45) is 1.10. The van der Waals surface area contributed by atoms with Crippen molar-refractivity contribution in [1.82, 2.24) is 4.98 Å². The van der Waals surface area contributed by atoms with E-state index in [0.29, 0.717) is 5.52 Å². The van der Waals surface area contributed by atoms with Crippen molar-refractivity contribution >= 4 is 32.3 Å². The summed E-state index contributed by atoms with van der Waals surface area (Å²) >= 11 is 0. The molecule has 0 radical (unpaired) electrons. The van der Waals surface area contributed by atoms with Crippen LogP contribution >= 0.6 is 0 Å². The number of hydrogen-bond acceptors (Lipinski definition) is 4. The molecule has 0 saturated heterocycles. The van der Waals surface area contributed by atoms with E-state index in [9.17, 15) is 13.2 Å². The monoisotopic (exact) mass is 326 g/mol. The molecule has 0 fully saturated rings. The summed E-state index contributed by atoms with van der Waals surface area (Å²) in [5.41, 5.74) is 1.18. The van der Waals surface area contributed by atoms with Crippen molar-refractivity contribution in [2.45, 2.75) is 4.90 Å². The first kappa shape index (κ1) is 15.2. The van der Waals surface area contributed by atoms with E-state index in [1.807, 2.05) is 24.3 Å². The van der Waals surface area contributed by atoms with Gasteiger partial charge in [0.1, 0.15) is 5.69 Å². The van der Waals surface area contributed by atoms with Crippen molar-refractivity contribution < 1.29 is 13.2 Å². The molecule has 3 rings (SSSR count). The van der Waals surface area contributed by atoms with Crippen LogP contribution in [0.1, 0.15) is 10.5 Å². The molecule has 0 bridgehead atoms. The van der Waals surface area contributed by atoms with Crippen molar-refractivity contribution in [2.24, 2.45) is 0 Å². The summed E-state index contributed by atoms with van der Waals surface area (Å²) in [5.74, 6) is -0.452. The van der Waals surface area contributed by atoms with Gasteiger partial charge in [0.25, 0.3) is 5.91 Å². The van der Waals surface area contributed by atoms with Gasteiger partial charge in [-0.25, -0.2) is 13.4 Å². The van der Waals surface area contributed by atoms with E-state index >= 15 is 0 Å². The Morgan fingerprint density at radius 1 is 0.957 bits per heavy atom. The number of nitrogens with zero attached hydrogens (tertiary/aromatic N) is 1. The number of hydrogen-bond donors (Lipinski definition) is 1. The van der Waals surface area contributed by atoms with Gasteiger partial charge in [0, 0.05) is 11.6 Å². The Labute approximate surface area is 133 Å². The normalized spacial score (nSPS) is 11.3. The molecule has 1 amide bonds. The molecule has 0 saturated carbocycles. The fourth-order valence-corrected chi connectivity index (χ4v) is 3.12. The van der Waals surface area contributed by atoms with Crippen molar-refractivity contribution in [3.8, 4) is 0 Å². The van der Waals surface area contributed by atoms with Gasteiger partial charge in [-0.1, -0.05) is 36.4 Å². The lowest BCUT2D eigenvalue weighted by atomic mass is 10.2. The number of carbonyl (C=O) groups is 1. The van der Waals surface area contributed by atoms with Gasteiger partial charge < -0.3 is 5.32 Å². The summed E-state index contributed by atoms with van der Waals surface area (Å²) in [6.45, 7) is 0. The van der Waals surface area contributed by atoms with Crippen molar-refractivity contribution in [3.05, 3.63) is 66.4 Å². The van der Waals surface area contributed by atoms with Crippen molar-refractivity contribution in [3.63, 3.8) is 0 Å². The third-order valence-electron chi connectivity index (χ3n) is 3.37. The van der Waals surface area contributed by atoms with Gasteiger partial charge in [-0.2, -0.15) is 0 Å². The Kier molecular flexibility index (Phi) is 3.83. The lowest BCUT2D eigenvalue weighted by molar-refractivity contribution is 0.102. The molecular weight excluding hydrogens is 312 g/mol. The standard InChI is InChI=1S/C17H14N2O3S/c1-23(21,22)16-9-5-4-8-14(16)19-17(20)15-11-10-12-6-2-3-7-13(12)18-15/h2-11H,1H3,(H,19,20). The van der Waals surface area contributed by atoms with Gasteiger partial charge in [0.05, 0.1) is 16.1 Å². The number of para-hydroxylation sites is 2. The molecule has 0 spiro atoms. The number of aromatic nitrogens is 1. The van der Waals surface area contributed by atoms with E-state index < -0.39 is 15.7 Å². The second kappa shape index (κ2) is 5.81. The molecule has 5 nitrogen and oxygen atoms in total. The van der Waals surface area contributed by atoms with Gasteiger partial charge in [0.15, 0.2) is 9.84 Å². The highest BCUT2D eigenvalue weighted by Crippen LogP contribution is 2.21. The zero-order valence-electron chi connectivity index (χ0n) is 12.4. The summed E-state index contributed by atoms with van der Waals surface area (Å²) in [7, 11) is -3.43. The fourth-order valence-electron chi connectivity index (χ4n) is 2.27. The number of amides is 1. The number of anilines is 1. The molecule has 1 aromatic heterocycles. The lowest BCUT2D eigenvalue weighted by Gasteiger charge is -2.09. The summed E-state index contributed by atoms with van der Waals surface area (Å²) in [5, 5.41) is 3.55. The summed E-state index contributed by atoms with van der Waals surface area (Å²) in [4.78, 5) is 16.7. The molecule has 6 heteroatoms. The van der Waals surface area contributed by atoms with Crippen LogP contribution in [0.3, 0.4) is 0 Å². The van der Waals surface area contributed by atoms with E-state index in [0.717, 1.165) is 11.6 Å². The molecule has 0 aliphatic rings. The third kappa shape index (κ3) is 3.22. The van der Waals surface area contributed by atoms with Crippen LogP contribution in [0.2, 0.25) is 0 Å². The maximum absolute atomic E-state index is 12.4. The van der Waals surface area contributed by atoms with E-state index in [1.165, 1.54) is 6.07 Å². The van der Waals surface area contributed by atoms with Crippen LogP contribution in [0, 0.1) is 0 Å². The number of benzene rings is 2. The van der Waals surface area contributed by atoms with E-state index in [1.54, 1.807) is 30.3 Å². The molecule has 0 unspecified atom stereocenters. The minimum absolute atomic E-state index is 0.0779.